The lowest BCUT2D eigenvalue weighted by molar-refractivity contribution is -0.117. The van der Waals surface area contributed by atoms with Crippen molar-refractivity contribution >= 4 is 49.1 Å². The summed E-state index contributed by atoms with van der Waals surface area (Å²) < 4.78 is 1.71. The van der Waals surface area contributed by atoms with E-state index in [2.05, 4.69) is 37.2 Å². The average molecular weight is 402 g/mol. The number of nitrogen functional groups attached to an aromatic ring is 1. The van der Waals surface area contributed by atoms with Gasteiger partial charge in [0.25, 0.3) is 0 Å². The maximum Gasteiger partial charge on any atom is 0.224 e. The monoisotopic (exact) mass is 400 g/mol. The Kier molecular flexibility index (Phi) is 4.09. The first kappa shape index (κ1) is 14.4. The Morgan fingerprint density at radius 1 is 1.30 bits per heavy atom. The highest BCUT2D eigenvalue weighted by atomic mass is 79.9. The second-order valence-corrected chi connectivity index (χ2v) is 7.81. The Morgan fingerprint density at radius 2 is 2.10 bits per heavy atom. The summed E-state index contributed by atoms with van der Waals surface area (Å²) in [6.45, 7) is 0. The average Bonchev–Trinajstić information content (AvgIpc) is 2.95. The molecule has 1 amide bonds. The minimum absolute atomic E-state index is 0.0808. The summed E-state index contributed by atoms with van der Waals surface area (Å²) in [6, 6.07) is 3.70. The van der Waals surface area contributed by atoms with Crippen LogP contribution in [0.25, 0.3) is 0 Å². The van der Waals surface area contributed by atoms with Gasteiger partial charge in [0, 0.05) is 15.4 Å². The molecule has 108 valence electrons. The molecular weight excluding hydrogens is 384 g/mol. The molecule has 3 N–H and O–H groups in total. The van der Waals surface area contributed by atoms with Crippen molar-refractivity contribution < 1.29 is 4.79 Å². The minimum Gasteiger partial charge on any atom is -0.397 e. The van der Waals surface area contributed by atoms with Crippen molar-refractivity contribution in [2.75, 3.05) is 11.1 Å². The van der Waals surface area contributed by atoms with Gasteiger partial charge in [-0.25, -0.2) is 0 Å². The number of carbonyl (C=O) groups excluding carboxylic acids is 1. The van der Waals surface area contributed by atoms with Crippen LogP contribution in [-0.2, 0) is 4.79 Å². The third kappa shape index (κ3) is 2.89. The number of fused-ring (bicyclic) bond motifs is 2. The van der Waals surface area contributed by atoms with Crippen LogP contribution in [-0.4, -0.2) is 5.91 Å². The largest absolute Gasteiger partial charge is 0.397 e. The van der Waals surface area contributed by atoms with E-state index in [1.165, 1.54) is 25.7 Å². The maximum atomic E-state index is 12.2. The third-order valence-corrected chi connectivity index (χ3v) is 5.77. The van der Waals surface area contributed by atoms with E-state index in [0.717, 1.165) is 20.8 Å². The highest BCUT2D eigenvalue weighted by Gasteiger charge is 2.40. The lowest BCUT2D eigenvalue weighted by Crippen LogP contribution is -2.21. The van der Waals surface area contributed by atoms with E-state index in [-0.39, 0.29) is 5.91 Å². The highest BCUT2D eigenvalue weighted by molar-refractivity contribution is 9.11. The summed E-state index contributed by atoms with van der Waals surface area (Å²) in [6.07, 6.45) is 5.88. The van der Waals surface area contributed by atoms with Crippen LogP contribution in [0.2, 0.25) is 0 Å². The van der Waals surface area contributed by atoms with E-state index in [1.54, 1.807) is 6.07 Å². The molecule has 20 heavy (non-hydrogen) atoms. The Bertz CT molecular complexity index is 524. The Labute approximate surface area is 135 Å². The van der Waals surface area contributed by atoms with Gasteiger partial charge in [-0.2, -0.15) is 0 Å². The topological polar surface area (TPSA) is 55.1 Å². The molecule has 0 aromatic heterocycles. The summed E-state index contributed by atoms with van der Waals surface area (Å²) in [7, 11) is 0. The van der Waals surface area contributed by atoms with Gasteiger partial charge in [0.1, 0.15) is 0 Å². The van der Waals surface area contributed by atoms with Gasteiger partial charge >= 0.3 is 0 Å². The first-order valence-corrected chi connectivity index (χ1v) is 8.66. The second-order valence-electron chi connectivity index (χ2n) is 6.04. The predicted molar refractivity (Wildman–Crippen MR) is 88.4 cm³/mol. The normalized spacial score (nSPS) is 27.8. The van der Waals surface area contributed by atoms with Crippen LogP contribution in [0.1, 0.15) is 32.1 Å². The third-order valence-electron chi connectivity index (χ3n) is 4.68. The summed E-state index contributed by atoms with van der Waals surface area (Å²) in [5.41, 5.74) is 7.22. The highest BCUT2D eigenvalue weighted by Crippen LogP contribution is 2.49. The fraction of sp³-hybridized carbons (Fsp3) is 0.533. The summed E-state index contributed by atoms with van der Waals surface area (Å²) in [5.74, 6) is 2.31. The van der Waals surface area contributed by atoms with Gasteiger partial charge in [-0.1, -0.05) is 22.4 Å². The van der Waals surface area contributed by atoms with Crippen LogP contribution >= 0.6 is 31.9 Å². The quantitative estimate of drug-likeness (QED) is 0.729. The van der Waals surface area contributed by atoms with E-state index in [0.29, 0.717) is 23.7 Å². The van der Waals surface area contributed by atoms with Gasteiger partial charge in [-0.3, -0.25) is 4.79 Å². The summed E-state index contributed by atoms with van der Waals surface area (Å²) >= 11 is 6.83. The zero-order chi connectivity index (χ0) is 14.3. The van der Waals surface area contributed by atoms with Crippen LogP contribution < -0.4 is 11.1 Å². The molecule has 0 spiro atoms. The maximum absolute atomic E-state index is 12.2. The predicted octanol–water partition coefficient (Wildman–Crippen LogP) is 4.56. The van der Waals surface area contributed by atoms with Gasteiger partial charge in [0.15, 0.2) is 0 Å². The molecule has 2 saturated carbocycles. The second kappa shape index (κ2) is 5.68. The van der Waals surface area contributed by atoms with Gasteiger partial charge in [-0.05, 0) is 65.1 Å². The first-order valence-electron chi connectivity index (χ1n) is 7.07. The number of hydrogen-bond donors (Lipinski definition) is 2. The number of carbonyl (C=O) groups is 1. The smallest absolute Gasteiger partial charge is 0.224 e. The molecule has 2 fully saturated rings. The number of nitrogens with one attached hydrogen (secondary N) is 1. The van der Waals surface area contributed by atoms with Crippen LogP contribution in [0.15, 0.2) is 21.1 Å². The van der Waals surface area contributed by atoms with E-state index in [1.807, 2.05) is 6.07 Å². The first-order chi connectivity index (χ1) is 9.52. The molecule has 2 aliphatic carbocycles. The molecule has 0 aliphatic heterocycles. The Balaban J connectivity index is 1.65. The Hall–Kier alpha value is -0.550. The standard InChI is InChI=1S/C15H18Br2N2O/c16-11-6-12(17)15(13(18)7-11)19-14(20)5-10-4-8-1-2-9(10)3-8/h6-10H,1-5,18H2,(H,19,20). The van der Waals surface area contributed by atoms with E-state index in [4.69, 9.17) is 5.73 Å². The lowest BCUT2D eigenvalue weighted by Gasteiger charge is -2.21. The van der Waals surface area contributed by atoms with Crippen molar-refractivity contribution in [1.82, 2.24) is 0 Å². The van der Waals surface area contributed by atoms with Crippen LogP contribution in [0, 0.1) is 17.8 Å². The lowest BCUT2D eigenvalue weighted by atomic mass is 9.86. The fourth-order valence-corrected chi connectivity index (χ4v) is 5.14. The van der Waals surface area contributed by atoms with Crippen molar-refractivity contribution in [2.45, 2.75) is 32.1 Å². The SMILES string of the molecule is Nc1cc(Br)cc(Br)c1NC(=O)CC1CC2CCC1C2. The van der Waals surface area contributed by atoms with Gasteiger partial charge in [0.05, 0.1) is 11.4 Å². The molecule has 2 bridgehead atoms. The zero-order valence-electron chi connectivity index (χ0n) is 11.2. The number of halogens is 2. The molecule has 3 nitrogen and oxygen atoms in total. The summed E-state index contributed by atoms with van der Waals surface area (Å²) in [5, 5.41) is 2.96. The van der Waals surface area contributed by atoms with Crippen molar-refractivity contribution in [3.8, 4) is 0 Å². The molecule has 3 unspecified atom stereocenters. The number of nitrogens with two attached hydrogens (primary N) is 1. The zero-order valence-corrected chi connectivity index (χ0v) is 14.3. The minimum atomic E-state index is 0.0808. The molecule has 0 heterocycles. The number of rotatable bonds is 3. The van der Waals surface area contributed by atoms with Crippen molar-refractivity contribution in [3.05, 3.63) is 21.1 Å². The Morgan fingerprint density at radius 3 is 2.70 bits per heavy atom. The van der Waals surface area contributed by atoms with Crippen LogP contribution in [0.5, 0.6) is 0 Å². The molecule has 1 aromatic rings. The molecule has 3 rings (SSSR count). The van der Waals surface area contributed by atoms with E-state index >= 15 is 0 Å². The van der Waals surface area contributed by atoms with Gasteiger partial charge < -0.3 is 11.1 Å². The molecule has 2 aliphatic rings. The molecular formula is C15H18Br2N2O. The number of hydrogen-bond acceptors (Lipinski definition) is 2. The van der Waals surface area contributed by atoms with Gasteiger partial charge in [0.2, 0.25) is 5.91 Å². The number of anilines is 2. The van der Waals surface area contributed by atoms with E-state index in [9.17, 15) is 4.79 Å². The van der Waals surface area contributed by atoms with Crippen molar-refractivity contribution in [3.63, 3.8) is 0 Å². The van der Waals surface area contributed by atoms with Gasteiger partial charge in [-0.15, -0.1) is 0 Å². The molecule has 5 heteroatoms. The summed E-state index contributed by atoms with van der Waals surface area (Å²) in [4.78, 5) is 12.2. The molecule has 0 radical (unpaired) electrons. The fourth-order valence-electron chi connectivity index (χ4n) is 3.78. The molecule has 3 atom stereocenters. The number of benzene rings is 1. The van der Waals surface area contributed by atoms with Crippen LogP contribution in [0.3, 0.4) is 0 Å². The molecule has 1 aromatic carbocycles. The van der Waals surface area contributed by atoms with E-state index < -0.39 is 0 Å². The van der Waals surface area contributed by atoms with Crippen molar-refractivity contribution in [2.24, 2.45) is 17.8 Å². The number of amides is 1. The van der Waals surface area contributed by atoms with Crippen LogP contribution in [0.4, 0.5) is 11.4 Å². The molecule has 0 saturated heterocycles. The van der Waals surface area contributed by atoms with Crippen molar-refractivity contribution in [1.29, 1.82) is 0 Å².